The van der Waals surface area contributed by atoms with Crippen molar-refractivity contribution in [2.24, 2.45) is 0 Å². The number of nitrogens with zero attached hydrogens (tertiary/aromatic N) is 2. The van der Waals surface area contributed by atoms with Gasteiger partial charge in [0.2, 0.25) is 0 Å². The predicted octanol–water partition coefficient (Wildman–Crippen LogP) is 5.07. The minimum absolute atomic E-state index is 0.228. The van der Waals surface area contributed by atoms with Crippen LogP contribution in [0.2, 0.25) is 0 Å². The minimum Gasteiger partial charge on any atom is -0.350 e. The summed E-state index contributed by atoms with van der Waals surface area (Å²) in [4.78, 5) is 2.30. The molecule has 0 N–H and O–H groups in total. The van der Waals surface area contributed by atoms with Gasteiger partial charge in [-0.3, -0.25) is 4.90 Å². The van der Waals surface area contributed by atoms with E-state index in [1.807, 2.05) is 18.3 Å². The quantitative estimate of drug-likeness (QED) is 0.639. The number of fused-ring (bicyclic) bond motifs is 1. The van der Waals surface area contributed by atoms with E-state index >= 15 is 0 Å². The molecule has 4 heteroatoms. The van der Waals surface area contributed by atoms with Crippen LogP contribution in [0, 0.1) is 18.6 Å². The lowest BCUT2D eigenvalue weighted by Gasteiger charge is -2.31. The fraction of sp³-hybridized carbons (Fsp3) is 0.273. The van der Waals surface area contributed by atoms with Crippen molar-refractivity contribution in [2.75, 3.05) is 6.54 Å². The van der Waals surface area contributed by atoms with Crippen molar-refractivity contribution in [3.8, 4) is 0 Å². The van der Waals surface area contributed by atoms with Gasteiger partial charge in [-0.05, 0) is 37.1 Å². The Labute approximate surface area is 152 Å². The van der Waals surface area contributed by atoms with Crippen LogP contribution in [-0.2, 0) is 13.1 Å². The lowest BCUT2D eigenvalue weighted by molar-refractivity contribution is 0.216. The Morgan fingerprint density at radius 3 is 2.69 bits per heavy atom. The molecule has 1 unspecified atom stereocenters. The summed E-state index contributed by atoms with van der Waals surface area (Å²) in [7, 11) is 0. The SMILES string of the molecule is Cc1cccc(CN2CCCn3cccc3C2c2ccc(F)cc2F)c1. The summed E-state index contributed by atoms with van der Waals surface area (Å²) >= 11 is 0. The van der Waals surface area contributed by atoms with Crippen LogP contribution in [-0.4, -0.2) is 16.0 Å². The average molecular weight is 352 g/mol. The van der Waals surface area contributed by atoms with Crippen molar-refractivity contribution in [3.05, 3.63) is 94.8 Å². The third-order valence-electron chi connectivity index (χ3n) is 5.08. The lowest BCUT2D eigenvalue weighted by atomic mass is 10.00. The first-order chi connectivity index (χ1) is 12.6. The van der Waals surface area contributed by atoms with Crippen molar-refractivity contribution in [2.45, 2.75) is 32.5 Å². The molecule has 1 aromatic heterocycles. The zero-order valence-corrected chi connectivity index (χ0v) is 14.8. The van der Waals surface area contributed by atoms with E-state index in [4.69, 9.17) is 0 Å². The first kappa shape index (κ1) is 17.0. The van der Waals surface area contributed by atoms with Crippen molar-refractivity contribution in [3.63, 3.8) is 0 Å². The smallest absolute Gasteiger partial charge is 0.131 e. The molecule has 0 saturated heterocycles. The Kier molecular flexibility index (Phi) is 4.60. The molecule has 0 fully saturated rings. The van der Waals surface area contributed by atoms with E-state index in [2.05, 4.69) is 40.7 Å². The molecule has 1 atom stereocenters. The summed E-state index contributed by atoms with van der Waals surface area (Å²) in [6.45, 7) is 4.58. The van der Waals surface area contributed by atoms with Gasteiger partial charge in [-0.2, -0.15) is 0 Å². The molecule has 2 aromatic carbocycles. The van der Waals surface area contributed by atoms with Crippen LogP contribution in [0.25, 0.3) is 0 Å². The van der Waals surface area contributed by atoms with Crippen LogP contribution < -0.4 is 0 Å². The van der Waals surface area contributed by atoms with Crippen LogP contribution >= 0.6 is 0 Å². The van der Waals surface area contributed by atoms with Crippen LogP contribution in [0.4, 0.5) is 8.78 Å². The van der Waals surface area contributed by atoms with E-state index in [9.17, 15) is 8.78 Å². The molecule has 134 valence electrons. The third kappa shape index (κ3) is 3.29. The number of benzene rings is 2. The van der Waals surface area contributed by atoms with Crippen LogP contribution in [0.3, 0.4) is 0 Å². The molecule has 0 saturated carbocycles. The molecule has 26 heavy (non-hydrogen) atoms. The zero-order valence-electron chi connectivity index (χ0n) is 14.8. The summed E-state index contributed by atoms with van der Waals surface area (Å²) < 4.78 is 30.3. The van der Waals surface area contributed by atoms with E-state index in [0.29, 0.717) is 5.56 Å². The largest absolute Gasteiger partial charge is 0.350 e. The lowest BCUT2D eigenvalue weighted by Crippen LogP contribution is -2.30. The molecule has 0 amide bonds. The fourth-order valence-corrected chi connectivity index (χ4v) is 3.93. The van der Waals surface area contributed by atoms with E-state index in [1.54, 1.807) is 6.07 Å². The highest BCUT2D eigenvalue weighted by molar-refractivity contribution is 5.32. The maximum absolute atomic E-state index is 14.7. The van der Waals surface area contributed by atoms with Crippen molar-refractivity contribution in [1.82, 2.24) is 9.47 Å². The Morgan fingerprint density at radius 2 is 1.88 bits per heavy atom. The second-order valence-electron chi connectivity index (χ2n) is 7.01. The number of aromatic nitrogens is 1. The van der Waals surface area contributed by atoms with Gasteiger partial charge < -0.3 is 4.57 Å². The van der Waals surface area contributed by atoms with Gasteiger partial charge in [0, 0.05) is 43.2 Å². The van der Waals surface area contributed by atoms with Gasteiger partial charge in [0.05, 0.1) is 6.04 Å². The highest BCUT2D eigenvalue weighted by Gasteiger charge is 2.29. The second kappa shape index (κ2) is 7.04. The van der Waals surface area contributed by atoms with E-state index in [1.165, 1.54) is 17.2 Å². The molecule has 2 heterocycles. The third-order valence-corrected chi connectivity index (χ3v) is 5.08. The van der Waals surface area contributed by atoms with Gasteiger partial charge in [0.25, 0.3) is 0 Å². The van der Waals surface area contributed by atoms with Gasteiger partial charge >= 0.3 is 0 Å². The van der Waals surface area contributed by atoms with E-state index in [-0.39, 0.29) is 6.04 Å². The van der Waals surface area contributed by atoms with Crippen molar-refractivity contribution >= 4 is 0 Å². The maximum Gasteiger partial charge on any atom is 0.131 e. The molecule has 0 bridgehead atoms. The van der Waals surface area contributed by atoms with E-state index in [0.717, 1.165) is 37.8 Å². The molecule has 0 radical (unpaired) electrons. The predicted molar refractivity (Wildman–Crippen MR) is 98.8 cm³/mol. The maximum atomic E-state index is 14.7. The zero-order chi connectivity index (χ0) is 18.1. The van der Waals surface area contributed by atoms with Crippen LogP contribution in [0.5, 0.6) is 0 Å². The summed E-state index contributed by atoms with van der Waals surface area (Å²) in [5, 5.41) is 0. The number of rotatable bonds is 3. The average Bonchev–Trinajstić information content (AvgIpc) is 2.98. The summed E-state index contributed by atoms with van der Waals surface area (Å²) in [6.07, 6.45) is 3.03. The molecular formula is C22H22F2N2. The molecule has 2 nitrogen and oxygen atoms in total. The van der Waals surface area contributed by atoms with Crippen molar-refractivity contribution < 1.29 is 8.78 Å². The molecular weight excluding hydrogens is 330 g/mol. The second-order valence-corrected chi connectivity index (χ2v) is 7.01. The van der Waals surface area contributed by atoms with Gasteiger partial charge in [0.15, 0.2) is 0 Å². The topological polar surface area (TPSA) is 8.17 Å². The number of hydrogen-bond donors (Lipinski definition) is 0. The van der Waals surface area contributed by atoms with Crippen LogP contribution in [0.1, 0.15) is 34.8 Å². The summed E-state index contributed by atoms with van der Waals surface area (Å²) in [5.41, 5.74) is 4.00. The monoisotopic (exact) mass is 352 g/mol. The Hall–Kier alpha value is -2.46. The summed E-state index contributed by atoms with van der Waals surface area (Å²) in [5.74, 6) is -1.03. The number of aryl methyl sites for hydroxylation is 2. The molecule has 1 aliphatic rings. The van der Waals surface area contributed by atoms with Crippen LogP contribution in [0.15, 0.2) is 60.8 Å². The van der Waals surface area contributed by atoms with Gasteiger partial charge in [-0.1, -0.05) is 35.9 Å². The summed E-state index contributed by atoms with van der Waals surface area (Å²) in [6, 6.07) is 16.1. The number of hydrogen-bond acceptors (Lipinski definition) is 1. The van der Waals surface area contributed by atoms with Gasteiger partial charge in [0.1, 0.15) is 11.6 Å². The minimum atomic E-state index is -0.541. The number of halogens is 2. The van der Waals surface area contributed by atoms with Crippen molar-refractivity contribution in [1.29, 1.82) is 0 Å². The standard InChI is InChI=1S/C22H22F2N2/c1-16-5-2-6-17(13-16)15-26-12-4-11-25-10-3-7-21(25)22(26)19-9-8-18(23)14-20(19)24/h2-3,5-10,13-14,22H,4,11-12,15H2,1H3. The Bertz CT molecular complexity index is 916. The van der Waals surface area contributed by atoms with Gasteiger partial charge in [-0.15, -0.1) is 0 Å². The molecule has 0 aliphatic carbocycles. The normalized spacial score (nSPS) is 17.7. The fourth-order valence-electron chi connectivity index (χ4n) is 3.93. The highest BCUT2D eigenvalue weighted by atomic mass is 19.1. The Balaban J connectivity index is 1.78. The highest BCUT2D eigenvalue weighted by Crippen LogP contribution is 2.34. The Morgan fingerprint density at radius 1 is 1.00 bits per heavy atom. The molecule has 3 aromatic rings. The first-order valence-electron chi connectivity index (χ1n) is 9.01. The molecule has 0 spiro atoms. The van der Waals surface area contributed by atoms with E-state index < -0.39 is 11.6 Å². The molecule has 4 rings (SSSR count). The molecule has 1 aliphatic heterocycles. The van der Waals surface area contributed by atoms with Gasteiger partial charge in [-0.25, -0.2) is 8.78 Å². The first-order valence-corrected chi connectivity index (χ1v) is 9.01.